The first-order valence-electron chi connectivity index (χ1n) is 9.25. The van der Waals surface area contributed by atoms with Crippen molar-refractivity contribution in [3.63, 3.8) is 0 Å². The van der Waals surface area contributed by atoms with Crippen LogP contribution in [0, 0.1) is 0 Å². The molecule has 4 heterocycles. The van der Waals surface area contributed by atoms with Crippen LogP contribution in [0.3, 0.4) is 0 Å². The van der Waals surface area contributed by atoms with Crippen molar-refractivity contribution in [1.82, 2.24) is 14.5 Å². The van der Waals surface area contributed by atoms with Crippen LogP contribution in [0.4, 0.5) is 5.82 Å². The van der Waals surface area contributed by atoms with Crippen LogP contribution in [0.1, 0.15) is 0 Å². The molecule has 1 saturated heterocycles. The smallest absolute Gasteiger partial charge is 0.252 e. The summed E-state index contributed by atoms with van der Waals surface area (Å²) >= 11 is 6.97. The van der Waals surface area contributed by atoms with E-state index in [-0.39, 0.29) is 11.0 Å². The summed E-state index contributed by atoms with van der Waals surface area (Å²) in [6, 6.07) is 12.6. The molecule has 0 saturated carbocycles. The number of halogens is 1. The molecule has 0 unspecified atom stereocenters. The van der Waals surface area contributed by atoms with Gasteiger partial charge in [-0.3, -0.25) is 0 Å². The van der Waals surface area contributed by atoms with Gasteiger partial charge in [0.25, 0.3) is 10.0 Å². The fourth-order valence-electron chi connectivity index (χ4n) is 3.42. The van der Waals surface area contributed by atoms with Gasteiger partial charge in [0, 0.05) is 31.7 Å². The molecule has 0 aliphatic carbocycles. The van der Waals surface area contributed by atoms with E-state index >= 15 is 0 Å². The second-order valence-electron chi connectivity index (χ2n) is 6.79. The number of aromatic nitrogens is 2. The van der Waals surface area contributed by atoms with Gasteiger partial charge in [0.1, 0.15) is 4.21 Å². The molecule has 0 radical (unpaired) electrons. The molecule has 0 bridgehead atoms. The molecule has 0 amide bonds. The monoisotopic (exact) mass is 464 g/mol. The summed E-state index contributed by atoms with van der Waals surface area (Å²) in [5.41, 5.74) is 1.62. The number of nitrogens with zero attached hydrogens (tertiary/aromatic N) is 4. The van der Waals surface area contributed by atoms with Crippen LogP contribution >= 0.6 is 22.9 Å². The zero-order valence-electron chi connectivity index (χ0n) is 15.7. The van der Waals surface area contributed by atoms with E-state index in [1.807, 2.05) is 35.2 Å². The lowest BCUT2D eigenvalue weighted by molar-refractivity contribution is 0.174. The van der Waals surface area contributed by atoms with E-state index in [9.17, 15) is 8.42 Å². The van der Waals surface area contributed by atoms with Crippen molar-refractivity contribution in [1.29, 1.82) is 0 Å². The third-order valence-electron chi connectivity index (χ3n) is 5.02. The topological polar surface area (TPSA) is 84.9 Å². The quantitative estimate of drug-likeness (QED) is 0.586. The van der Waals surface area contributed by atoms with Crippen molar-refractivity contribution < 1.29 is 17.9 Å². The summed E-state index contributed by atoms with van der Waals surface area (Å²) in [6.07, 6.45) is 0. The zero-order valence-corrected chi connectivity index (χ0v) is 18.1. The highest BCUT2D eigenvalue weighted by molar-refractivity contribution is 7.91. The normalized spacial score (nSPS) is 16.8. The first-order valence-corrected chi connectivity index (χ1v) is 11.9. The molecule has 2 aromatic heterocycles. The number of anilines is 1. The highest BCUT2D eigenvalue weighted by Gasteiger charge is 2.30. The van der Waals surface area contributed by atoms with Crippen LogP contribution in [0.25, 0.3) is 11.3 Å². The summed E-state index contributed by atoms with van der Waals surface area (Å²) in [4.78, 5) is 2.03. The molecular formula is C19H17ClN4O4S2. The van der Waals surface area contributed by atoms with Gasteiger partial charge in [-0.1, -0.05) is 11.6 Å². The Morgan fingerprint density at radius 1 is 0.933 bits per heavy atom. The molecule has 8 nitrogen and oxygen atoms in total. The Labute approximate surface area is 182 Å². The first-order chi connectivity index (χ1) is 14.5. The molecule has 3 aromatic rings. The van der Waals surface area contributed by atoms with Crippen molar-refractivity contribution in [2.24, 2.45) is 0 Å². The Morgan fingerprint density at radius 3 is 2.43 bits per heavy atom. The lowest BCUT2D eigenvalue weighted by atomic mass is 10.1. The van der Waals surface area contributed by atoms with Gasteiger partial charge in [-0.05, 0) is 42.5 Å². The summed E-state index contributed by atoms with van der Waals surface area (Å²) in [6.45, 7) is 2.06. The number of hydrogen-bond donors (Lipinski definition) is 0. The van der Waals surface area contributed by atoms with Gasteiger partial charge in [-0.2, -0.15) is 4.31 Å². The Morgan fingerprint density at radius 2 is 1.73 bits per heavy atom. The molecule has 2 aliphatic heterocycles. The maximum atomic E-state index is 12.7. The van der Waals surface area contributed by atoms with Gasteiger partial charge in [-0.25, -0.2) is 8.42 Å². The minimum Gasteiger partial charge on any atom is -0.454 e. The SMILES string of the molecule is O=S(=O)(c1ccc(Cl)s1)N1CCN(c2ccc(-c3ccc4c(c3)OCO4)nn2)CC1. The average molecular weight is 465 g/mol. The van der Waals surface area contributed by atoms with Gasteiger partial charge in [0.15, 0.2) is 17.3 Å². The lowest BCUT2D eigenvalue weighted by Gasteiger charge is -2.34. The van der Waals surface area contributed by atoms with Crippen LogP contribution in [-0.2, 0) is 10.0 Å². The third-order valence-corrected chi connectivity index (χ3v) is 8.62. The van der Waals surface area contributed by atoms with Gasteiger partial charge in [0.05, 0.1) is 10.0 Å². The molecule has 30 heavy (non-hydrogen) atoms. The number of ether oxygens (including phenoxy) is 2. The van der Waals surface area contributed by atoms with Gasteiger partial charge in [-0.15, -0.1) is 21.5 Å². The second kappa shape index (κ2) is 7.69. The summed E-state index contributed by atoms with van der Waals surface area (Å²) in [7, 11) is -3.51. The third kappa shape index (κ3) is 3.60. The van der Waals surface area contributed by atoms with Crippen LogP contribution in [0.15, 0.2) is 46.7 Å². The number of thiophene rings is 1. The number of piperazine rings is 1. The van der Waals surface area contributed by atoms with Crippen LogP contribution in [-0.4, -0.2) is 55.9 Å². The highest BCUT2D eigenvalue weighted by atomic mass is 35.5. The maximum Gasteiger partial charge on any atom is 0.252 e. The van der Waals surface area contributed by atoms with Crippen LogP contribution in [0.2, 0.25) is 4.34 Å². The Kier molecular flexibility index (Phi) is 5.02. The van der Waals surface area contributed by atoms with Crippen molar-refractivity contribution >= 4 is 38.8 Å². The zero-order chi connectivity index (χ0) is 20.7. The number of fused-ring (bicyclic) bond motifs is 1. The summed E-state index contributed by atoms with van der Waals surface area (Å²) in [5.74, 6) is 2.14. The fraction of sp³-hybridized carbons (Fsp3) is 0.263. The Balaban J connectivity index is 1.26. The van der Waals surface area contributed by atoms with E-state index in [1.165, 1.54) is 4.31 Å². The number of benzene rings is 1. The number of sulfonamides is 1. The summed E-state index contributed by atoms with van der Waals surface area (Å²) in [5, 5.41) is 8.68. The van der Waals surface area contributed by atoms with Crippen molar-refractivity contribution in [2.75, 3.05) is 37.9 Å². The molecule has 11 heteroatoms. The average Bonchev–Trinajstić information content (AvgIpc) is 3.42. The molecule has 0 atom stereocenters. The molecule has 2 aliphatic rings. The largest absolute Gasteiger partial charge is 0.454 e. The van der Waals surface area contributed by atoms with Crippen LogP contribution < -0.4 is 14.4 Å². The highest BCUT2D eigenvalue weighted by Crippen LogP contribution is 2.35. The van der Waals surface area contributed by atoms with Crippen molar-refractivity contribution in [3.05, 3.63) is 46.8 Å². The molecule has 0 N–H and O–H groups in total. The predicted octanol–water partition coefficient (Wildman–Crippen LogP) is 3.10. The molecule has 1 aromatic carbocycles. The van der Waals surface area contributed by atoms with E-state index in [0.717, 1.165) is 34.2 Å². The van der Waals surface area contributed by atoms with Gasteiger partial charge in [0.2, 0.25) is 6.79 Å². The molecule has 156 valence electrons. The van der Waals surface area contributed by atoms with Crippen molar-refractivity contribution in [3.8, 4) is 22.8 Å². The standard InChI is InChI=1S/C19H17ClN4O4S2/c20-17-4-6-19(29-17)30(25,26)24-9-7-23(8-10-24)18-5-2-14(21-22-18)13-1-3-15-16(11-13)28-12-27-15/h1-6,11H,7-10,12H2. The van der Waals surface area contributed by atoms with Gasteiger partial charge >= 0.3 is 0 Å². The second-order valence-corrected chi connectivity index (χ2v) is 10.7. The molecular weight excluding hydrogens is 448 g/mol. The predicted molar refractivity (Wildman–Crippen MR) is 114 cm³/mol. The minimum atomic E-state index is -3.51. The Hall–Kier alpha value is -2.40. The summed E-state index contributed by atoms with van der Waals surface area (Å²) < 4.78 is 38.4. The molecule has 1 fully saturated rings. The number of hydrogen-bond acceptors (Lipinski definition) is 8. The first kappa shape index (κ1) is 19.6. The van der Waals surface area contributed by atoms with Gasteiger partial charge < -0.3 is 14.4 Å². The van der Waals surface area contributed by atoms with Crippen LogP contribution in [0.5, 0.6) is 11.5 Å². The van der Waals surface area contributed by atoms with E-state index in [2.05, 4.69) is 10.2 Å². The molecule has 5 rings (SSSR count). The van der Waals surface area contributed by atoms with E-state index in [1.54, 1.807) is 12.1 Å². The van der Waals surface area contributed by atoms with Crippen molar-refractivity contribution in [2.45, 2.75) is 4.21 Å². The molecule has 0 spiro atoms. The number of rotatable bonds is 4. The maximum absolute atomic E-state index is 12.7. The lowest BCUT2D eigenvalue weighted by Crippen LogP contribution is -2.48. The minimum absolute atomic E-state index is 0.227. The fourth-order valence-corrected chi connectivity index (χ4v) is 6.48. The Bertz CT molecular complexity index is 1180. The van der Waals surface area contributed by atoms with E-state index < -0.39 is 10.0 Å². The van der Waals surface area contributed by atoms with E-state index in [0.29, 0.717) is 36.3 Å². The van der Waals surface area contributed by atoms with E-state index in [4.69, 9.17) is 21.1 Å².